The number of urea groups is 1. The number of rotatable bonds is 10. The van der Waals surface area contributed by atoms with E-state index in [-0.39, 0.29) is 49.1 Å². The highest BCUT2D eigenvalue weighted by Gasteiger charge is 2.24. The lowest BCUT2D eigenvalue weighted by atomic mass is 10.1. The van der Waals surface area contributed by atoms with Crippen LogP contribution in [-0.2, 0) is 19.1 Å². The summed E-state index contributed by atoms with van der Waals surface area (Å²) in [6, 6.07) is 12.4. The fourth-order valence-electron chi connectivity index (χ4n) is 3.02. The highest BCUT2D eigenvalue weighted by molar-refractivity contribution is 5.94. The molecule has 3 N–H and O–H groups in total. The summed E-state index contributed by atoms with van der Waals surface area (Å²) in [7, 11) is 1.53. The minimum absolute atomic E-state index is 0.0328. The molecule has 1 heterocycles. The molecule has 0 radical (unpaired) electrons. The number of nitrogens with one attached hydrogen (secondary N) is 3. The van der Waals surface area contributed by atoms with E-state index < -0.39 is 18.0 Å². The van der Waals surface area contributed by atoms with Gasteiger partial charge < -0.3 is 34.9 Å². The van der Waals surface area contributed by atoms with Crippen LogP contribution in [0, 0.1) is 0 Å². The molecular formula is C24H25N3O8. The van der Waals surface area contributed by atoms with Crippen molar-refractivity contribution in [1.82, 2.24) is 10.6 Å². The van der Waals surface area contributed by atoms with E-state index in [1.54, 1.807) is 31.2 Å². The Hall–Kier alpha value is -4.54. The summed E-state index contributed by atoms with van der Waals surface area (Å²) in [5.41, 5.74) is 1.12. The van der Waals surface area contributed by atoms with Gasteiger partial charge >= 0.3 is 18.0 Å². The number of amides is 3. The molecule has 3 rings (SSSR count). The van der Waals surface area contributed by atoms with E-state index in [4.69, 9.17) is 18.9 Å². The highest BCUT2D eigenvalue weighted by atomic mass is 16.5. The Labute approximate surface area is 201 Å². The average Bonchev–Trinajstić information content (AvgIpc) is 2.86. The maximum absolute atomic E-state index is 12.4. The van der Waals surface area contributed by atoms with Crippen LogP contribution in [0.1, 0.15) is 17.3 Å². The smallest absolute Gasteiger partial charge is 0.338 e. The maximum atomic E-state index is 12.4. The van der Waals surface area contributed by atoms with Gasteiger partial charge in [-0.3, -0.25) is 4.79 Å². The van der Waals surface area contributed by atoms with Gasteiger partial charge in [0, 0.05) is 11.8 Å². The second-order valence-electron chi connectivity index (χ2n) is 7.15. The zero-order chi connectivity index (χ0) is 25.2. The molecule has 1 aliphatic rings. The molecular weight excluding hydrogens is 458 g/mol. The topological polar surface area (TPSA) is 141 Å². The molecule has 0 atom stereocenters. The van der Waals surface area contributed by atoms with Gasteiger partial charge in [-0.1, -0.05) is 6.07 Å². The predicted molar refractivity (Wildman–Crippen MR) is 124 cm³/mol. The maximum Gasteiger partial charge on any atom is 0.338 e. The zero-order valence-electron chi connectivity index (χ0n) is 19.2. The summed E-state index contributed by atoms with van der Waals surface area (Å²) < 4.78 is 20.8. The second-order valence-corrected chi connectivity index (χ2v) is 7.15. The average molecular weight is 483 g/mol. The predicted octanol–water partition coefficient (Wildman–Crippen LogP) is 2.00. The van der Waals surface area contributed by atoms with Gasteiger partial charge in [0.05, 0.1) is 37.1 Å². The number of benzene rings is 2. The van der Waals surface area contributed by atoms with E-state index in [0.29, 0.717) is 17.2 Å². The van der Waals surface area contributed by atoms with Gasteiger partial charge in [-0.15, -0.1) is 0 Å². The van der Waals surface area contributed by atoms with Crippen LogP contribution in [0.3, 0.4) is 0 Å². The number of hydrogen-bond donors (Lipinski definition) is 3. The fraction of sp³-hybridized carbons (Fsp3) is 0.250. The number of carbonyl (C=O) groups is 4. The van der Waals surface area contributed by atoms with Crippen molar-refractivity contribution < 1.29 is 38.1 Å². The largest absolute Gasteiger partial charge is 0.497 e. The van der Waals surface area contributed by atoms with E-state index in [9.17, 15) is 19.2 Å². The fourth-order valence-corrected chi connectivity index (χ4v) is 3.02. The standard InChI is InChI=1S/C24H25N3O8/c1-3-33-23(30)19-12-25-24(31)27-20(19)13-35-22(29)15-7-9-17(10-8-15)34-14-21(28)26-16-5-4-6-18(11-16)32-2/h4-11H,3,12-14H2,1-2H3,(H,26,28)(H2,25,27,31). The number of ether oxygens (including phenoxy) is 4. The van der Waals surface area contributed by atoms with E-state index in [0.717, 1.165) is 0 Å². The Bertz CT molecular complexity index is 1130. The number of methoxy groups -OCH3 is 1. The molecule has 0 saturated carbocycles. The molecule has 35 heavy (non-hydrogen) atoms. The van der Waals surface area contributed by atoms with E-state index in [1.165, 1.54) is 31.4 Å². The van der Waals surface area contributed by atoms with E-state index in [2.05, 4.69) is 16.0 Å². The number of esters is 2. The van der Waals surface area contributed by atoms with Gasteiger partial charge in [0.1, 0.15) is 18.1 Å². The van der Waals surface area contributed by atoms with E-state index >= 15 is 0 Å². The Kier molecular flexibility index (Phi) is 8.65. The van der Waals surface area contributed by atoms with Gasteiger partial charge in [-0.25, -0.2) is 14.4 Å². The Morgan fingerprint density at radius 1 is 1.00 bits per heavy atom. The van der Waals surface area contributed by atoms with Crippen molar-refractivity contribution in [2.45, 2.75) is 6.92 Å². The number of hydrogen-bond acceptors (Lipinski definition) is 8. The molecule has 0 spiro atoms. The van der Waals surface area contributed by atoms with Crippen molar-refractivity contribution in [3.05, 3.63) is 65.4 Å². The number of carbonyl (C=O) groups excluding carboxylic acids is 4. The second kappa shape index (κ2) is 12.1. The molecule has 0 saturated heterocycles. The quantitative estimate of drug-likeness (QED) is 0.436. The van der Waals surface area contributed by atoms with E-state index in [1.807, 2.05) is 0 Å². The monoisotopic (exact) mass is 483 g/mol. The summed E-state index contributed by atoms with van der Waals surface area (Å²) in [5, 5.41) is 7.62. The lowest BCUT2D eigenvalue weighted by Gasteiger charge is -2.21. The minimum atomic E-state index is -0.671. The molecule has 3 amide bonds. The normalized spacial score (nSPS) is 12.7. The lowest BCUT2D eigenvalue weighted by molar-refractivity contribution is -0.138. The SMILES string of the molecule is CCOC(=O)C1=C(COC(=O)c2ccc(OCC(=O)Nc3cccc(OC)c3)cc2)NC(=O)NC1. The van der Waals surface area contributed by atoms with Crippen molar-refractivity contribution in [3.8, 4) is 11.5 Å². The summed E-state index contributed by atoms with van der Waals surface area (Å²) >= 11 is 0. The van der Waals surface area contributed by atoms with Gasteiger partial charge in [-0.05, 0) is 43.3 Å². The Morgan fingerprint density at radius 3 is 2.49 bits per heavy atom. The van der Waals surface area contributed by atoms with Crippen LogP contribution >= 0.6 is 0 Å². The van der Waals surface area contributed by atoms with Gasteiger partial charge in [0.15, 0.2) is 6.61 Å². The van der Waals surface area contributed by atoms with Crippen molar-refractivity contribution >= 4 is 29.6 Å². The first-order chi connectivity index (χ1) is 16.9. The van der Waals surface area contributed by atoms with Crippen molar-refractivity contribution in [2.24, 2.45) is 0 Å². The molecule has 2 aromatic rings. The lowest BCUT2D eigenvalue weighted by Crippen LogP contribution is -2.45. The molecule has 0 unspecified atom stereocenters. The van der Waals surface area contributed by atoms with Crippen LogP contribution in [0.25, 0.3) is 0 Å². The van der Waals surface area contributed by atoms with Crippen LogP contribution in [0.4, 0.5) is 10.5 Å². The Morgan fingerprint density at radius 2 is 1.77 bits per heavy atom. The summed E-state index contributed by atoms with van der Waals surface area (Å²) in [6.45, 7) is 1.24. The first-order valence-electron chi connectivity index (χ1n) is 10.7. The van der Waals surface area contributed by atoms with Crippen LogP contribution in [-0.4, -0.2) is 57.4 Å². The first-order valence-corrected chi connectivity index (χ1v) is 10.7. The van der Waals surface area contributed by atoms with Crippen molar-refractivity contribution in [3.63, 3.8) is 0 Å². The summed E-state index contributed by atoms with van der Waals surface area (Å²) in [6.07, 6.45) is 0. The molecule has 11 heteroatoms. The third-order valence-corrected chi connectivity index (χ3v) is 4.74. The third kappa shape index (κ3) is 7.22. The summed E-state index contributed by atoms with van der Waals surface area (Å²) in [5.74, 6) is -0.655. The van der Waals surface area contributed by atoms with Crippen LogP contribution in [0.5, 0.6) is 11.5 Å². The Balaban J connectivity index is 1.52. The van der Waals surface area contributed by atoms with Crippen LogP contribution in [0.15, 0.2) is 59.8 Å². The van der Waals surface area contributed by atoms with Crippen molar-refractivity contribution in [2.75, 3.05) is 38.8 Å². The molecule has 1 aliphatic heterocycles. The molecule has 0 aliphatic carbocycles. The molecule has 11 nitrogen and oxygen atoms in total. The van der Waals surface area contributed by atoms with Crippen LogP contribution < -0.4 is 25.4 Å². The molecule has 0 bridgehead atoms. The first kappa shape index (κ1) is 25.1. The minimum Gasteiger partial charge on any atom is -0.497 e. The molecule has 2 aromatic carbocycles. The summed E-state index contributed by atoms with van der Waals surface area (Å²) in [4.78, 5) is 48.2. The molecule has 184 valence electrons. The van der Waals surface area contributed by atoms with Crippen molar-refractivity contribution in [1.29, 1.82) is 0 Å². The van der Waals surface area contributed by atoms with Gasteiger partial charge in [0.2, 0.25) is 0 Å². The van der Waals surface area contributed by atoms with Crippen LogP contribution in [0.2, 0.25) is 0 Å². The number of anilines is 1. The highest BCUT2D eigenvalue weighted by Crippen LogP contribution is 2.17. The molecule has 0 aromatic heterocycles. The van der Waals surface area contributed by atoms with Gasteiger partial charge in [0.25, 0.3) is 5.91 Å². The van der Waals surface area contributed by atoms with Gasteiger partial charge in [-0.2, -0.15) is 0 Å². The molecule has 0 fully saturated rings. The third-order valence-electron chi connectivity index (χ3n) is 4.74. The zero-order valence-corrected chi connectivity index (χ0v) is 19.2.